The number of hydrogen-bond acceptors (Lipinski definition) is 6. The fourth-order valence-corrected chi connectivity index (χ4v) is 3.71. The first-order chi connectivity index (χ1) is 19.6. The molecule has 0 heterocycles. The first-order valence-electron chi connectivity index (χ1n) is 13.1. The van der Waals surface area contributed by atoms with Gasteiger partial charge in [0, 0.05) is 0 Å². The van der Waals surface area contributed by atoms with Crippen molar-refractivity contribution in [1.29, 1.82) is 0 Å². The average Bonchev–Trinajstić information content (AvgIpc) is 3.01. The highest BCUT2D eigenvalue weighted by Crippen LogP contribution is 2.15. The van der Waals surface area contributed by atoms with Crippen LogP contribution in [0.4, 0.5) is 0 Å². The molecule has 2 aromatic carbocycles. The average molecular weight is 547 g/mol. The molecule has 0 bridgehead atoms. The van der Waals surface area contributed by atoms with Crippen molar-refractivity contribution < 1.29 is 28.4 Å². The summed E-state index contributed by atoms with van der Waals surface area (Å²) in [7, 11) is 0. The second kappa shape index (κ2) is 19.7. The van der Waals surface area contributed by atoms with E-state index in [4.69, 9.17) is 28.4 Å². The maximum absolute atomic E-state index is 5.97. The Hall–Kier alpha value is -3.36. The van der Waals surface area contributed by atoms with Crippen LogP contribution >= 0.6 is 0 Å². The lowest BCUT2D eigenvalue weighted by Gasteiger charge is -2.27. The number of hydrogen-bond donors (Lipinski definition) is 0. The lowest BCUT2D eigenvalue weighted by Crippen LogP contribution is -2.34. The second-order valence-electron chi connectivity index (χ2n) is 8.70. The summed E-state index contributed by atoms with van der Waals surface area (Å²) in [5.41, 5.74) is 2.10. The van der Waals surface area contributed by atoms with Gasteiger partial charge in [-0.3, -0.25) is 0 Å². The van der Waals surface area contributed by atoms with Crippen molar-refractivity contribution in [1.82, 2.24) is 0 Å². The van der Waals surface area contributed by atoms with E-state index < -0.39 is 36.6 Å². The van der Waals surface area contributed by atoms with Gasteiger partial charge in [-0.2, -0.15) is 0 Å². The quantitative estimate of drug-likeness (QED) is 0.114. The van der Waals surface area contributed by atoms with Gasteiger partial charge in [0.2, 0.25) is 0 Å². The zero-order chi connectivity index (χ0) is 29.0. The fourth-order valence-electron chi connectivity index (χ4n) is 3.71. The van der Waals surface area contributed by atoms with Crippen molar-refractivity contribution in [2.24, 2.45) is 0 Å². The van der Waals surface area contributed by atoms with Gasteiger partial charge in [0.15, 0.2) is 0 Å². The smallest absolute Gasteiger partial charge is 0.148 e. The topological polar surface area (TPSA) is 55.4 Å². The number of benzene rings is 2. The van der Waals surface area contributed by atoms with Crippen LogP contribution in [0.25, 0.3) is 0 Å². The van der Waals surface area contributed by atoms with E-state index in [9.17, 15) is 0 Å². The lowest BCUT2D eigenvalue weighted by molar-refractivity contribution is -0.171. The third-order valence-corrected chi connectivity index (χ3v) is 5.98. The summed E-state index contributed by atoms with van der Waals surface area (Å²) < 4.78 is 35.5. The molecule has 0 aliphatic carbocycles. The van der Waals surface area contributed by atoms with Crippen molar-refractivity contribution in [2.75, 3.05) is 13.6 Å². The maximum atomic E-state index is 5.97. The molecule has 2 aromatic rings. The van der Waals surface area contributed by atoms with E-state index in [0.29, 0.717) is 13.2 Å². The van der Waals surface area contributed by atoms with Gasteiger partial charge in [0.05, 0.1) is 13.2 Å². The molecule has 0 aliphatic rings. The van der Waals surface area contributed by atoms with Crippen LogP contribution in [0.2, 0.25) is 0 Å². The summed E-state index contributed by atoms with van der Waals surface area (Å²) in [6, 6.07) is 19.7. The van der Waals surface area contributed by atoms with Crippen molar-refractivity contribution in [3.8, 4) is 0 Å². The Bertz CT molecular complexity index is 938. The molecular weight excluding hydrogens is 504 g/mol. The van der Waals surface area contributed by atoms with Crippen LogP contribution in [-0.4, -0.2) is 50.2 Å². The van der Waals surface area contributed by atoms with Crippen LogP contribution in [0.3, 0.4) is 0 Å². The molecule has 0 radical (unpaired) electrons. The Kier molecular flexibility index (Phi) is 16.1. The van der Waals surface area contributed by atoms with Gasteiger partial charge < -0.3 is 28.4 Å². The fraction of sp³-hybridized carbons (Fsp3) is 0.294. The molecule has 40 heavy (non-hydrogen) atoms. The molecule has 0 N–H and O–H groups in total. The van der Waals surface area contributed by atoms with Gasteiger partial charge in [-0.1, -0.05) is 97.1 Å². The van der Waals surface area contributed by atoms with Crippen LogP contribution in [0.1, 0.15) is 11.1 Å². The van der Waals surface area contributed by atoms with Crippen molar-refractivity contribution >= 4 is 0 Å². The van der Waals surface area contributed by atoms with Crippen LogP contribution in [-0.2, 0) is 41.6 Å². The number of rotatable bonds is 23. The van der Waals surface area contributed by atoms with Crippen molar-refractivity contribution in [3.63, 3.8) is 0 Å². The van der Waals surface area contributed by atoms with E-state index >= 15 is 0 Å². The Morgan fingerprint density at radius 1 is 0.400 bits per heavy atom. The molecule has 0 amide bonds. The molecule has 0 fully saturated rings. The second-order valence-corrected chi connectivity index (χ2v) is 8.70. The third kappa shape index (κ3) is 11.4. The largest absolute Gasteiger partial charge is 0.366 e. The predicted octanol–water partition coefficient (Wildman–Crippen LogP) is 6.73. The van der Waals surface area contributed by atoms with Crippen LogP contribution < -0.4 is 0 Å². The molecular formula is C34H42O6. The molecule has 0 unspecified atom stereocenters. The zero-order valence-electron chi connectivity index (χ0n) is 23.2. The first kappa shape index (κ1) is 32.8. The maximum Gasteiger partial charge on any atom is 0.148 e. The van der Waals surface area contributed by atoms with Gasteiger partial charge in [0.1, 0.15) is 50.2 Å². The monoisotopic (exact) mass is 546 g/mol. The first-order valence-corrected chi connectivity index (χ1v) is 13.1. The normalized spacial score (nSPS) is 15.5. The van der Waals surface area contributed by atoms with E-state index in [0.717, 1.165) is 11.1 Å². The molecule has 2 rings (SSSR count). The van der Waals surface area contributed by atoms with Gasteiger partial charge in [-0.25, -0.2) is 0 Å². The molecule has 6 atom stereocenters. The molecule has 6 heteroatoms. The minimum Gasteiger partial charge on any atom is -0.366 e. The van der Waals surface area contributed by atoms with E-state index in [1.165, 1.54) is 0 Å². The summed E-state index contributed by atoms with van der Waals surface area (Å²) in [5, 5.41) is 0. The molecule has 0 aromatic heterocycles. The molecule has 0 spiro atoms. The SMILES string of the molecule is C=C[C@@H](OCO[C@H](C=C)[C@@H](C=C)OCc1ccccc1)[C@@H](C=C)OCO[C@H](C=C)[C@@H](C=C)OCc1ccccc1. The van der Waals surface area contributed by atoms with Gasteiger partial charge in [-0.05, 0) is 11.1 Å². The lowest BCUT2D eigenvalue weighted by atomic mass is 10.2. The molecule has 0 saturated carbocycles. The summed E-state index contributed by atoms with van der Waals surface area (Å²) in [4.78, 5) is 0. The Labute approximate surface area is 239 Å². The van der Waals surface area contributed by atoms with Crippen molar-refractivity contribution in [3.05, 3.63) is 148 Å². The highest BCUT2D eigenvalue weighted by molar-refractivity contribution is 5.14. The summed E-state index contributed by atoms with van der Waals surface area (Å²) >= 11 is 0. The molecule has 0 saturated heterocycles. The Morgan fingerprint density at radius 3 is 0.900 bits per heavy atom. The van der Waals surface area contributed by atoms with Gasteiger partial charge >= 0.3 is 0 Å². The Balaban J connectivity index is 1.81. The van der Waals surface area contributed by atoms with Gasteiger partial charge in [-0.15, -0.1) is 39.5 Å². The van der Waals surface area contributed by atoms with E-state index in [1.54, 1.807) is 36.5 Å². The highest BCUT2D eigenvalue weighted by atomic mass is 16.7. The molecule has 6 nitrogen and oxygen atoms in total. The van der Waals surface area contributed by atoms with E-state index in [2.05, 4.69) is 39.5 Å². The number of ether oxygens (including phenoxy) is 6. The zero-order valence-corrected chi connectivity index (χ0v) is 23.2. The molecule has 0 aliphatic heterocycles. The van der Waals surface area contributed by atoms with E-state index in [-0.39, 0.29) is 13.6 Å². The minimum atomic E-state index is -0.536. The summed E-state index contributed by atoms with van der Waals surface area (Å²) in [6.07, 6.45) is 7.13. The molecule has 214 valence electrons. The minimum absolute atomic E-state index is 0.0535. The standard InChI is InChI=1S/C34H42O6/c1-7-29(35-23-27-19-15-13-16-20-27)31(9-3)37-25-39-33(11-5)34(12-6)40-26-38-32(10-4)30(8-2)36-24-28-21-17-14-18-22-28/h7-22,29-34H,1-6,23-26H2/t29-,30-,31-,32-,33-,34-/m1/s1. The van der Waals surface area contributed by atoms with E-state index in [1.807, 2.05) is 60.7 Å². The van der Waals surface area contributed by atoms with Crippen LogP contribution in [0.5, 0.6) is 0 Å². The highest BCUT2D eigenvalue weighted by Gasteiger charge is 2.22. The summed E-state index contributed by atoms with van der Waals surface area (Å²) in [6.45, 7) is 23.9. The van der Waals surface area contributed by atoms with Crippen molar-refractivity contribution in [2.45, 2.75) is 49.8 Å². The van der Waals surface area contributed by atoms with Gasteiger partial charge in [0.25, 0.3) is 0 Å². The van der Waals surface area contributed by atoms with Crippen LogP contribution in [0.15, 0.2) is 137 Å². The Morgan fingerprint density at radius 2 is 0.650 bits per heavy atom. The van der Waals surface area contributed by atoms with Crippen LogP contribution in [0, 0.1) is 0 Å². The third-order valence-electron chi connectivity index (χ3n) is 5.98. The summed E-state index contributed by atoms with van der Waals surface area (Å²) in [5.74, 6) is 0. The predicted molar refractivity (Wildman–Crippen MR) is 160 cm³/mol.